The Bertz CT molecular complexity index is 556. The zero-order valence-electron chi connectivity index (χ0n) is 12.6. The normalized spacial score (nSPS) is 25.9. The molecule has 0 bridgehead atoms. The number of carbonyl (C=O) groups excluding carboxylic acids is 1. The second kappa shape index (κ2) is 5.34. The third-order valence-electron chi connectivity index (χ3n) is 4.54. The van der Waals surface area contributed by atoms with Crippen molar-refractivity contribution in [2.45, 2.75) is 39.8 Å². The molecule has 1 aliphatic rings. The van der Waals surface area contributed by atoms with Crippen LogP contribution in [0.3, 0.4) is 0 Å². The van der Waals surface area contributed by atoms with Crippen LogP contribution in [-0.4, -0.2) is 18.1 Å². The topological polar surface area (TPSA) is 67.1 Å². The Kier molecular flexibility index (Phi) is 4.17. The summed E-state index contributed by atoms with van der Waals surface area (Å²) in [5, 5.41) is 6.68. The number of anilines is 1. The van der Waals surface area contributed by atoms with Crippen molar-refractivity contribution in [3.63, 3.8) is 0 Å². The van der Waals surface area contributed by atoms with E-state index in [1.54, 1.807) is 18.2 Å². The Hall–Kier alpha value is -0.970. The first-order valence-corrected chi connectivity index (χ1v) is 7.60. The number of nitrogens with one attached hydrogen (secondary N) is 2. The van der Waals surface area contributed by atoms with Crippen molar-refractivity contribution >= 4 is 34.9 Å². The molecule has 2 rings (SSSR count). The smallest absolute Gasteiger partial charge is 0.319 e. The van der Waals surface area contributed by atoms with Crippen LogP contribution >= 0.6 is 23.2 Å². The minimum Gasteiger partial charge on any atom is -0.334 e. The molecular weight excluding hydrogens is 309 g/mol. The van der Waals surface area contributed by atoms with Crippen molar-refractivity contribution in [1.82, 2.24) is 5.32 Å². The molecule has 4 N–H and O–H groups in total. The van der Waals surface area contributed by atoms with Crippen molar-refractivity contribution in [1.29, 1.82) is 0 Å². The summed E-state index contributed by atoms with van der Waals surface area (Å²) in [5.74, 6) is 0. The second-order valence-corrected chi connectivity index (χ2v) is 7.62. The lowest BCUT2D eigenvalue weighted by Crippen LogP contribution is -2.76. The molecule has 21 heavy (non-hydrogen) atoms. The van der Waals surface area contributed by atoms with Crippen molar-refractivity contribution in [2.75, 3.05) is 5.32 Å². The number of nitrogens with two attached hydrogens (primary N) is 1. The summed E-state index contributed by atoms with van der Waals surface area (Å²) >= 11 is 11.9. The predicted octanol–water partition coefficient (Wildman–Crippen LogP) is 3.88. The highest BCUT2D eigenvalue weighted by molar-refractivity contribution is 6.35. The number of hydrogen-bond acceptors (Lipinski definition) is 2. The summed E-state index contributed by atoms with van der Waals surface area (Å²) in [6.45, 7) is 8.22. The molecule has 1 aliphatic carbocycles. The molecule has 0 unspecified atom stereocenters. The monoisotopic (exact) mass is 329 g/mol. The van der Waals surface area contributed by atoms with Gasteiger partial charge in [-0.1, -0.05) is 50.9 Å². The highest BCUT2D eigenvalue weighted by Crippen LogP contribution is 2.52. The van der Waals surface area contributed by atoms with Crippen molar-refractivity contribution in [3.05, 3.63) is 28.2 Å². The third-order valence-corrected chi connectivity index (χ3v) is 5.11. The summed E-state index contributed by atoms with van der Waals surface area (Å²) < 4.78 is 0. The Morgan fingerprint density at radius 3 is 2.33 bits per heavy atom. The molecule has 1 fully saturated rings. The van der Waals surface area contributed by atoms with E-state index >= 15 is 0 Å². The highest BCUT2D eigenvalue weighted by Gasteiger charge is 2.60. The van der Waals surface area contributed by atoms with Gasteiger partial charge in [0.2, 0.25) is 0 Å². The Labute approximate surface area is 135 Å². The number of urea groups is 1. The van der Waals surface area contributed by atoms with E-state index in [1.807, 2.05) is 0 Å². The minimum absolute atomic E-state index is 0.0158. The van der Waals surface area contributed by atoms with E-state index in [0.717, 1.165) is 0 Å². The number of amides is 2. The van der Waals surface area contributed by atoms with Gasteiger partial charge in [0.1, 0.15) is 0 Å². The van der Waals surface area contributed by atoms with Crippen molar-refractivity contribution < 1.29 is 4.79 Å². The van der Waals surface area contributed by atoms with Crippen LogP contribution in [0.4, 0.5) is 10.5 Å². The molecule has 6 heteroatoms. The van der Waals surface area contributed by atoms with Crippen LogP contribution in [-0.2, 0) is 0 Å². The molecule has 0 aromatic heterocycles. The molecule has 0 atom stereocenters. The summed E-state index contributed by atoms with van der Waals surface area (Å²) in [5.41, 5.74) is 6.37. The highest BCUT2D eigenvalue weighted by atomic mass is 35.5. The van der Waals surface area contributed by atoms with Crippen molar-refractivity contribution in [3.8, 4) is 0 Å². The number of carbonyl (C=O) groups is 1. The fourth-order valence-electron chi connectivity index (χ4n) is 3.44. The zero-order valence-corrected chi connectivity index (χ0v) is 14.1. The third kappa shape index (κ3) is 2.85. The van der Waals surface area contributed by atoms with Gasteiger partial charge in [0.15, 0.2) is 0 Å². The lowest BCUT2D eigenvalue weighted by molar-refractivity contribution is -0.0638. The molecule has 0 saturated heterocycles. The van der Waals surface area contributed by atoms with Crippen LogP contribution in [0.5, 0.6) is 0 Å². The first-order chi connectivity index (χ1) is 9.56. The first kappa shape index (κ1) is 16.4. The number of benzene rings is 1. The molecule has 0 aliphatic heterocycles. The number of halogens is 2. The predicted molar refractivity (Wildman–Crippen MR) is 87.9 cm³/mol. The van der Waals surface area contributed by atoms with Gasteiger partial charge in [0, 0.05) is 27.9 Å². The van der Waals surface area contributed by atoms with E-state index < -0.39 is 0 Å². The fraction of sp³-hybridized carbons (Fsp3) is 0.533. The molecule has 2 amide bonds. The number of hydrogen-bond donors (Lipinski definition) is 3. The van der Waals surface area contributed by atoms with Gasteiger partial charge in [-0.05, 0) is 18.2 Å². The van der Waals surface area contributed by atoms with Gasteiger partial charge in [-0.3, -0.25) is 0 Å². The van der Waals surface area contributed by atoms with Gasteiger partial charge in [0.05, 0.1) is 10.7 Å². The van der Waals surface area contributed by atoms with Gasteiger partial charge < -0.3 is 16.4 Å². The molecule has 1 saturated carbocycles. The second-order valence-electron chi connectivity index (χ2n) is 6.78. The van der Waals surface area contributed by atoms with Crippen LogP contribution in [0.1, 0.15) is 27.7 Å². The van der Waals surface area contributed by atoms with Gasteiger partial charge in [0.25, 0.3) is 0 Å². The summed E-state index contributed by atoms with van der Waals surface area (Å²) in [6, 6.07) is 4.64. The lowest BCUT2D eigenvalue weighted by Gasteiger charge is -2.62. The zero-order chi connectivity index (χ0) is 16.0. The van der Waals surface area contributed by atoms with Crippen LogP contribution in [0.2, 0.25) is 10.0 Å². The molecular formula is C15H21Cl2N3O. The Balaban J connectivity index is 2.07. The van der Waals surface area contributed by atoms with E-state index in [0.29, 0.717) is 15.7 Å². The maximum atomic E-state index is 12.2. The first-order valence-electron chi connectivity index (χ1n) is 6.85. The fourth-order valence-corrected chi connectivity index (χ4v) is 3.77. The summed E-state index contributed by atoms with van der Waals surface area (Å²) in [4.78, 5) is 12.2. The van der Waals surface area contributed by atoms with Gasteiger partial charge in [-0.25, -0.2) is 4.79 Å². The minimum atomic E-state index is -0.308. The summed E-state index contributed by atoms with van der Waals surface area (Å²) in [7, 11) is 0. The molecule has 0 radical (unpaired) electrons. The van der Waals surface area contributed by atoms with E-state index in [4.69, 9.17) is 28.9 Å². The molecule has 1 aromatic carbocycles. The van der Waals surface area contributed by atoms with Gasteiger partial charge in [-0.2, -0.15) is 0 Å². The molecule has 0 heterocycles. The Morgan fingerprint density at radius 2 is 1.76 bits per heavy atom. The molecule has 0 spiro atoms. The van der Waals surface area contributed by atoms with Gasteiger partial charge in [-0.15, -0.1) is 0 Å². The quantitative estimate of drug-likeness (QED) is 0.770. The molecule has 1 aromatic rings. The van der Waals surface area contributed by atoms with E-state index in [9.17, 15) is 4.79 Å². The van der Waals surface area contributed by atoms with E-state index in [2.05, 4.69) is 38.3 Å². The van der Waals surface area contributed by atoms with Crippen LogP contribution in [0.25, 0.3) is 0 Å². The molecule has 116 valence electrons. The van der Waals surface area contributed by atoms with Gasteiger partial charge >= 0.3 is 6.03 Å². The number of rotatable bonds is 2. The van der Waals surface area contributed by atoms with Crippen LogP contribution in [0.15, 0.2) is 18.2 Å². The molecule has 4 nitrogen and oxygen atoms in total. The average molecular weight is 330 g/mol. The lowest BCUT2D eigenvalue weighted by atomic mass is 9.48. The summed E-state index contributed by atoms with van der Waals surface area (Å²) in [6.07, 6.45) is 0. The van der Waals surface area contributed by atoms with Crippen LogP contribution in [0, 0.1) is 10.8 Å². The maximum Gasteiger partial charge on any atom is 0.319 e. The Morgan fingerprint density at radius 1 is 1.19 bits per heavy atom. The maximum absolute atomic E-state index is 12.2. The largest absolute Gasteiger partial charge is 0.334 e. The van der Waals surface area contributed by atoms with E-state index in [-0.39, 0.29) is 28.9 Å². The van der Waals surface area contributed by atoms with E-state index in [1.165, 1.54) is 0 Å². The van der Waals surface area contributed by atoms with Crippen LogP contribution < -0.4 is 16.4 Å². The van der Waals surface area contributed by atoms with Crippen molar-refractivity contribution in [2.24, 2.45) is 16.6 Å². The SMILES string of the molecule is CC1(C)C(N)C(C)(C)C1NC(=O)Nc1cc(Cl)ccc1Cl. The average Bonchev–Trinajstić information content (AvgIpc) is 2.39. The standard InChI is InChI=1S/C15H21Cl2N3O/c1-14(2)11(18)15(3,4)12(14)20-13(21)19-10-7-8(16)5-6-9(10)17/h5-7,11-12H,18H2,1-4H3,(H2,19,20,21).